The lowest BCUT2D eigenvalue weighted by Gasteiger charge is -2.05. The molecule has 1 N–H and O–H groups in total. The minimum absolute atomic E-state index is 0.237. The van der Waals surface area contributed by atoms with Gasteiger partial charge in [0.25, 0.3) is 0 Å². The summed E-state index contributed by atoms with van der Waals surface area (Å²) in [6, 6.07) is 12.5. The fourth-order valence-corrected chi connectivity index (χ4v) is 2.31. The van der Waals surface area contributed by atoms with Crippen LogP contribution in [0.1, 0.15) is 12.8 Å². The Kier molecular flexibility index (Phi) is 4.82. The van der Waals surface area contributed by atoms with E-state index in [4.69, 9.17) is 20.8 Å². The minimum Gasteiger partial charge on any atom is -0.494 e. The Morgan fingerprint density at radius 1 is 1.29 bits per heavy atom. The third kappa shape index (κ3) is 3.58. The molecule has 0 atom stereocenters. The maximum absolute atomic E-state index is 11.4. The molecule has 1 aromatic heterocycles. The molecule has 3 aromatic rings. The van der Waals surface area contributed by atoms with Crippen LogP contribution in [0.25, 0.3) is 16.7 Å². The number of hydrogen-bond donors (Lipinski definition) is 1. The number of fused-ring (bicyclic) bond motifs is 1. The van der Waals surface area contributed by atoms with Crippen molar-refractivity contribution in [1.82, 2.24) is 4.98 Å². The molecule has 1 heterocycles. The van der Waals surface area contributed by atoms with Crippen LogP contribution < -0.4 is 10.1 Å². The Morgan fingerprint density at radius 2 is 2.08 bits per heavy atom. The third-order valence-electron chi connectivity index (χ3n) is 3.28. The van der Waals surface area contributed by atoms with Gasteiger partial charge in [-0.3, -0.25) is 4.79 Å². The van der Waals surface area contributed by atoms with E-state index in [0.29, 0.717) is 34.6 Å². The number of ether oxygens (including phenoxy) is 1. The van der Waals surface area contributed by atoms with E-state index in [0.717, 1.165) is 11.4 Å². The second-order valence-corrected chi connectivity index (χ2v) is 5.39. The van der Waals surface area contributed by atoms with Gasteiger partial charge in [-0.05, 0) is 49.4 Å². The number of aldehydes is 1. The van der Waals surface area contributed by atoms with Gasteiger partial charge in [-0.2, -0.15) is 0 Å². The molecule has 0 spiro atoms. The summed E-state index contributed by atoms with van der Waals surface area (Å²) >= 11 is 5.93. The van der Waals surface area contributed by atoms with Gasteiger partial charge in [0.15, 0.2) is 11.9 Å². The van der Waals surface area contributed by atoms with E-state index >= 15 is 0 Å². The molecule has 3 rings (SSSR count). The van der Waals surface area contributed by atoms with Crippen LogP contribution >= 0.6 is 11.6 Å². The van der Waals surface area contributed by atoms with E-state index in [2.05, 4.69) is 10.3 Å². The first-order valence-electron chi connectivity index (χ1n) is 7.41. The van der Waals surface area contributed by atoms with Gasteiger partial charge in [0.1, 0.15) is 11.3 Å². The van der Waals surface area contributed by atoms with Crippen molar-refractivity contribution in [3.8, 4) is 5.75 Å². The summed E-state index contributed by atoms with van der Waals surface area (Å²) in [6.07, 6.45) is 2.24. The average Bonchev–Trinajstić information content (AvgIpc) is 3.00. The van der Waals surface area contributed by atoms with Crippen LogP contribution in [0, 0.1) is 0 Å². The molecule has 0 saturated heterocycles. The lowest BCUT2D eigenvalue weighted by molar-refractivity contribution is -0.103. The molecule has 0 fully saturated rings. The molecule has 0 unspecified atom stereocenters. The number of hydrogen-bond acceptors (Lipinski definition) is 5. The fourth-order valence-electron chi connectivity index (χ4n) is 2.15. The first-order valence-corrected chi connectivity index (χ1v) is 7.78. The largest absolute Gasteiger partial charge is 0.494 e. The zero-order valence-corrected chi connectivity index (χ0v) is 13.7. The van der Waals surface area contributed by atoms with Crippen LogP contribution in [-0.2, 0) is 4.79 Å². The lowest BCUT2D eigenvalue weighted by Crippen LogP contribution is -1.94. The zero-order chi connectivity index (χ0) is 16.9. The second-order valence-electron chi connectivity index (χ2n) is 4.95. The maximum Gasteiger partial charge on any atom is 0.232 e. The van der Waals surface area contributed by atoms with Crippen LogP contribution in [-0.4, -0.2) is 17.9 Å². The summed E-state index contributed by atoms with van der Waals surface area (Å²) in [4.78, 5) is 15.6. The van der Waals surface area contributed by atoms with Crippen molar-refractivity contribution >= 4 is 40.2 Å². The summed E-state index contributed by atoms with van der Waals surface area (Å²) < 4.78 is 11.0. The second kappa shape index (κ2) is 7.19. The molecule has 0 bridgehead atoms. The summed E-state index contributed by atoms with van der Waals surface area (Å²) in [5, 5.41) is 3.61. The fraction of sp³-hybridized carbons (Fsp3) is 0.111. The number of nitrogens with zero attached hydrogens (tertiary/aromatic N) is 1. The summed E-state index contributed by atoms with van der Waals surface area (Å²) in [5.74, 6) is 1.03. The summed E-state index contributed by atoms with van der Waals surface area (Å²) in [6.45, 7) is 2.54. The van der Waals surface area contributed by atoms with Crippen molar-refractivity contribution in [3.63, 3.8) is 0 Å². The molecule has 0 aliphatic carbocycles. The van der Waals surface area contributed by atoms with Crippen molar-refractivity contribution in [3.05, 3.63) is 59.6 Å². The average molecular weight is 343 g/mol. The highest BCUT2D eigenvalue weighted by Crippen LogP contribution is 2.23. The van der Waals surface area contributed by atoms with Crippen molar-refractivity contribution in [1.29, 1.82) is 0 Å². The predicted molar refractivity (Wildman–Crippen MR) is 94.3 cm³/mol. The quantitative estimate of drug-likeness (QED) is 0.526. The Labute approximate surface area is 143 Å². The third-order valence-corrected chi connectivity index (χ3v) is 3.52. The topological polar surface area (TPSA) is 64.4 Å². The SMILES string of the molecule is CCOc1ccc(N/C=C(\C=O)c2nc3cc(Cl)ccc3o2)cc1. The van der Waals surface area contributed by atoms with Gasteiger partial charge in [-0.25, -0.2) is 4.98 Å². The summed E-state index contributed by atoms with van der Waals surface area (Å²) in [7, 11) is 0. The van der Waals surface area contributed by atoms with Crippen molar-refractivity contribution in [2.75, 3.05) is 11.9 Å². The van der Waals surface area contributed by atoms with Gasteiger partial charge in [0.05, 0.1) is 12.2 Å². The number of allylic oxidation sites excluding steroid dienone is 1. The number of anilines is 1. The highest BCUT2D eigenvalue weighted by molar-refractivity contribution is 6.31. The van der Waals surface area contributed by atoms with Crippen molar-refractivity contribution in [2.45, 2.75) is 6.92 Å². The van der Waals surface area contributed by atoms with Gasteiger partial charge in [0, 0.05) is 16.9 Å². The zero-order valence-electron chi connectivity index (χ0n) is 13.0. The molecule has 5 nitrogen and oxygen atoms in total. The van der Waals surface area contributed by atoms with Gasteiger partial charge in [-0.15, -0.1) is 0 Å². The van der Waals surface area contributed by atoms with Crippen LogP contribution in [0.15, 0.2) is 53.1 Å². The monoisotopic (exact) mass is 342 g/mol. The van der Waals surface area contributed by atoms with E-state index < -0.39 is 0 Å². The molecule has 0 aliphatic heterocycles. The molecule has 0 saturated carbocycles. The predicted octanol–water partition coefficient (Wildman–Crippen LogP) is 4.53. The van der Waals surface area contributed by atoms with E-state index in [1.165, 1.54) is 0 Å². The lowest BCUT2D eigenvalue weighted by atomic mass is 10.3. The molecule has 122 valence electrons. The number of carbonyl (C=O) groups excluding carboxylic acids is 1. The number of oxazole rings is 1. The molecular formula is C18H15ClN2O3. The van der Waals surface area contributed by atoms with Crippen LogP contribution in [0.4, 0.5) is 5.69 Å². The maximum atomic E-state index is 11.4. The van der Waals surface area contributed by atoms with E-state index in [9.17, 15) is 4.79 Å². The van der Waals surface area contributed by atoms with Crippen molar-refractivity contribution < 1.29 is 13.9 Å². The van der Waals surface area contributed by atoms with Gasteiger partial charge in [0.2, 0.25) is 5.89 Å². The molecule has 24 heavy (non-hydrogen) atoms. The number of carbonyl (C=O) groups is 1. The Balaban J connectivity index is 1.81. The summed E-state index contributed by atoms with van der Waals surface area (Å²) in [5.41, 5.74) is 2.29. The van der Waals surface area contributed by atoms with Crippen LogP contribution in [0.3, 0.4) is 0 Å². The minimum atomic E-state index is 0.237. The molecule has 6 heteroatoms. The smallest absolute Gasteiger partial charge is 0.232 e. The van der Waals surface area contributed by atoms with Crippen LogP contribution in [0.5, 0.6) is 5.75 Å². The number of rotatable bonds is 6. The highest BCUT2D eigenvalue weighted by atomic mass is 35.5. The number of halogens is 1. The number of benzene rings is 2. The number of aromatic nitrogens is 1. The molecule has 2 aromatic carbocycles. The standard InChI is InChI=1S/C18H15ClN2O3/c1-2-23-15-6-4-14(5-7-15)20-10-12(11-22)18-21-16-9-13(19)3-8-17(16)24-18/h3-11,20H,2H2,1H3/b12-10+. The molecular weight excluding hydrogens is 328 g/mol. The Morgan fingerprint density at radius 3 is 2.79 bits per heavy atom. The van der Waals surface area contributed by atoms with E-state index in [1.54, 1.807) is 24.4 Å². The van der Waals surface area contributed by atoms with Crippen LogP contribution in [0.2, 0.25) is 5.02 Å². The molecule has 0 amide bonds. The first-order chi connectivity index (χ1) is 11.7. The van der Waals surface area contributed by atoms with E-state index in [-0.39, 0.29) is 5.89 Å². The van der Waals surface area contributed by atoms with Crippen molar-refractivity contribution in [2.24, 2.45) is 0 Å². The van der Waals surface area contributed by atoms with Gasteiger partial charge < -0.3 is 14.5 Å². The normalized spacial score (nSPS) is 11.5. The van der Waals surface area contributed by atoms with Gasteiger partial charge >= 0.3 is 0 Å². The Bertz CT molecular complexity index is 885. The Hall–Kier alpha value is -2.79. The molecule has 0 aliphatic rings. The first kappa shape index (κ1) is 16.1. The molecule has 0 radical (unpaired) electrons. The number of nitrogens with one attached hydrogen (secondary N) is 1. The highest BCUT2D eigenvalue weighted by Gasteiger charge is 2.10. The van der Waals surface area contributed by atoms with Gasteiger partial charge in [-0.1, -0.05) is 11.6 Å². The van der Waals surface area contributed by atoms with E-state index in [1.807, 2.05) is 31.2 Å².